The Morgan fingerprint density at radius 3 is 2.67 bits per heavy atom. The molecule has 0 amide bonds. The standard InChI is InChI=1S/C17H15FO3/c18-14-7-3-1-5-12(14)9-17(16(19)20)10-13-6-2-4-8-15(13)21-11-17/h1-8H,9-11H2,(H,19,20). The van der Waals surface area contributed by atoms with Crippen LogP contribution in [0.1, 0.15) is 11.1 Å². The summed E-state index contributed by atoms with van der Waals surface area (Å²) >= 11 is 0. The van der Waals surface area contributed by atoms with E-state index in [4.69, 9.17) is 4.74 Å². The number of hydrogen-bond acceptors (Lipinski definition) is 2. The van der Waals surface area contributed by atoms with Crippen molar-refractivity contribution in [2.24, 2.45) is 5.41 Å². The number of aliphatic carboxylic acids is 1. The maximum Gasteiger partial charge on any atom is 0.313 e. The van der Waals surface area contributed by atoms with E-state index in [0.29, 0.717) is 17.7 Å². The molecule has 3 nitrogen and oxygen atoms in total. The lowest BCUT2D eigenvalue weighted by Gasteiger charge is -2.34. The highest BCUT2D eigenvalue weighted by atomic mass is 19.1. The van der Waals surface area contributed by atoms with Gasteiger partial charge < -0.3 is 9.84 Å². The Labute approximate surface area is 122 Å². The van der Waals surface area contributed by atoms with Gasteiger partial charge in [0.1, 0.15) is 23.6 Å². The van der Waals surface area contributed by atoms with Crippen LogP contribution in [-0.2, 0) is 17.6 Å². The van der Waals surface area contributed by atoms with E-state index < -0.39 is 11.4 Å². The molecular formula is C17H15FO3. The molecule has 1 N–H and O–H groups in total. The number of para-hydroxylation sites is 1. The van der Waals surface area contributed by atoms with Gasteiger partial charge in [-0.25, -0.2) is 4.39 Å². The van der Waals surface area contributed by atoms with Crippen molar-refractivity contribution in [1.29, 1.82) is 0 Å². The first kappa shape index (κ1) is 13.6. The van der Waals surface area contributed by atoms with Crippen molar-refractivity contribution in [1.82, 2.24) is 0 Å². The number of carboxylic acids is 1. The zero-order valence-corrected chi connectivity index (χ0v) is 11.4. The van der Waals surface area contributed by atoms with Crippen molar-refractivity contribution < 1.29 is 19.0 Å². The SMILES string of the molecule is O=C(O)C1(Cc2ccccc2F)COc2ccccc2C1. The van der Waals surface area contributed by atoms with Crippen LogP contribution in [0.2, 0.25) is 0 Å². The fourth-order valence-electron chi connectivity index (χ4n) is 2.75. The summed E-state index contributed by atoms with van der Waals surface area (Å²) in [7, 11) is 0. The smallest absolute Gasteiger partial charge is 0.313 e. The van der Waals surface area contributed by atoms with Crippen LogP contribution in [-0.4, -0.2) is 17.7 Å². The molecule has 4 heteroatoms. The van der Waals surface area contributed by atoms with Gasteiger partial charge in [0.2, 0.25) is 0 Å². The highest BCUT2D eigenvalue weighted by Crippen LogP contribution is 2.37. The number of halogens is 1. The fourth-order valence-corrected chi connectivity index (χ4v) is 2.75. The second-order valence-corrected chi connectivity index (χ2v) is 5.43. The Kier molecular flexibility index (Phi) is 3.37. The molecule has 2 aromatic carbocycles. The van der Waals surface area contributed by atoms with Gasteiger partial charge in [-0.2, -0.15) is 0 Å². The highest BCUT2D eigenvalue weighted by Gasteiger charge is 2.43. The molecule has 21 heavy (non-hydrogen) atoms. The normalized spacial score (nSPS) is 20.4. The lowest BCUT2D eigenvalue weighted by atomic mass is 9.75. The minimum Gasteiger partial charge on any atom is -0.492 e. The predicted molar refractivity (Wildman–Crippen MR) is 75.8 cm³/mol. The van der Waals surface area contributed by atoms with Gasteiger partial charge in [-0.05, 0) is 36.1 Å². The second kappa shape index (κ2) is 5.20. The van der Waals surface area contributed by atoms with Gasteiger partial charge in [-0.1, -0.05) is 36.4 Å². The molecule has 0 bridgehead atoms. The number of benzene rings is 2. The number of rotatable bonds is 3. The summed E-state index contributed by atoms with van der Waals surface area (Å²) in [6, 6.07) is 13.7. The van der Waals surface area contributed by atoms with Crippen molar-refractivity contribution in [3.8, 4) is 5.75 Å². The quantitative estimate of drug-likeness (QED) is 0.943. The number of carbonyl (C=O) groups is 1. The lowest BCUT2D eigenvalue weighted by Crippen LogP contribution is -2.44. The second-order valence-electron chi connectivity index (χ2n) is 5.43. The molecule has 1 heterocycles. The fraction of sp³-hybridized carbons (Fsp3) is 0.235. The zero-order chi connectivity index (χ0) is 14.9. The van der Waals surface area contributed by atoms with Crippen molar-refractivity contribution in [3.63, 3.8) is 0 Å². The molecule has 0 spiro atoms. The van der Waals surface area contributed by atoms with Crippen LogP contribution < -0.4 is 4.74 Å². The summed E-state index contributed by atoms with van der Waals surface area (Å²) in [6.45, 7) is 0.0493. The summed E-state index contributed by atoms with van der Waals surface area (Å²) in [5.41, 5.74) is 0.127. The molecule has 1 aliphatic heterocycles. The third-order valence-corrected chi connectivity index (χ3v) is 3.95. The molecule has 1 unspecified atom stereocenters. The Morgan fingerprint density at radius 2 is 1.90 bits per heavy atom. The zero-order valence-electron chi connectivity index (χ0n) is 11.4. The van der Waals surface area contributed by atoms with E-state index in [1.54, 1.807) is 18.2 Å². The molecule has 0 saturated heterocycles. The third kappa shape index (κ3) is 2.49. The molecule has 1 atom stereocenters. The molecule has 0 aromatic heterocycles. The van der Waals surface area contributed by atoms with Crippen molar-refractivity contribution in [3.05, 3.63) is 65.5 Å². The van der Waals surface area contributed by atoms with E-state index in [2.05, 4.69) is 0 Å². The van der Waals surface area contributed by atoms with E-state index >= 15 is 0 Å². The Balaban J connectivity index is 1.96. The van der Waals surface area contributed by atoms with Crippen molar-refractivity contribution in [2.75, 3.05) is 6.61 Å². The minimum atomic E-state index is -1.13. The monoisotopic (exact) mass is 286 g/mol. The molecule has 108 valence electrons. The predicted octanol–water partition coefficient (Wildman–Crippen LogP) is 3.07. The molecule has 0 aliphatic carbocycles. The first-order valence-corrected chi connectivity index (χ1v) is 6.78. The summed E-state index contributed by atoms with van der Waals surface area (Å²) in [6.07, 6.45) is 0.455. The van der Waals surface area contributed by atoms with E-state index in [-0.39, 0.29) is 18.8 Å². The van der Waals surface area contributed by atoms with Crippen LogP contribution in [0.4, 0.5) is 4.39 Å². The van der Waals surface area contributed by atoms with Crippen LogP contribution in [0.5, 0.6) is 5.75 Å². The number of carboxylic acid groups (broad SMARTS) is 1. The summed E-state index contributed by atoms with van der Waals surface area (Å²) < 4.78 is 19.4. The van der Waals surface area contributed by atoms with Crippen LogP contribution >= 0.6 is 0 Å². The van der Waals surface area contributed by atoms with Crippen molar-refractivity contribution in [2.45, 2.75) is 12.8 Å². The van der Waals surface area contributed by atoms with Gasteiger partial charge in [-0.15, -0.1) is 0 Å². The van der Waals surface area contributed by atoms with Crippen LogP contribution in [0, 0.1) is 11.2 Å². The minimum absolute atomic E-state index is 0.0493. The average Bonchev–Trinajstić information content (AvgIpc) is 2.49. The van der Waals surface area contributed by atoms with E-state index in [1.165, 1.54) is 6.07 Å². The average molecular weight is 286 g/mol. The third-order valence-electron chi connectivity index (χ3n) is 3.95. The largest absolute Gasteiger partial charge is 0.492 e. The Bertz CT molecular complexity index is 683. The van der Waals surface area contributed by atoms with Crippen LogP contribution in [0.15, 0.2) is 48.5 Å². The maximum absolute atomic E-state index is 13.8. The van der Waals surface area contributed by atoms with Gasteiger partial charge in [0.15, 0.2) is 0 Å². The first-order valence-electron chi connectivity index (χ1n) is 6.78. The lowest BCUT2D eigenvalue weighted by molar-refractivity contribution is -0.151. The van der Waals surface area contributed by atoms with E-state index in [1.807, 2.05) is 24.3 Å². The van der Waals surface area contributed by atoms with Gasteiger partial charge in [0.25, 0.3) is 0 Å². The van der Waals surface area contributed by atoms with Gasteiger partial charge in [0.05, 0.1) is 0 Å². The van der Waals surface area contributed by atoms with Crippen LogP contribution in [0.3, 0.4) is 0 Å². The highest BCUT2D eigenvalue weighted by molar-refractivity contribution is 5.76. The molecule has 2 aromatic rings. The Hall–Kier alpha value is -2.36. The van der Waals surface area contributed by atoms with Gasteiger partial charge in [-0.3, -0.25) is 4.79 Å². The summed E-state index contributed by atoms with van der Waals surface area (Å²) in [5, 5.41) is 9.66. The molecule has 0 fully saturated rings. The number of fused-ring (bicyclic) bond motifs is 1. The van der Waals surface area contributed by atoms with E-state index in [0.717, 1.165) is 5.56 Å². The summed E-state index contributed by atoms with van der Waals surface area (Å²) in [5.74, 6) is -0.625. The maximum atomic E-state index is 13.8. The number of hydrogen-bond donors (Lipinski definition) is 1. The van der Waals surface area contributed by atoms with Gasteiger partial charge in [0, 0.05) is 0 Å². The molecule has 0 radical (unpaired) electrons. The van der Waals surface area contributed by atoms with Gasteiger partial charge >= 0.3 is 5.97 Å². The number of ether oxygens (including phenoxy) is 1. The van der Waals surface area contributed by atoms with Crippen molar-refractivity contribution >= 4 is 5.97 Å². The molecular weight excluding hydrogens is 271 g/mol. The van der Waals surface area contributed by atoms with E-state index in [9.17, 15) is 14.3 Å². The molecule has 3 rings (SSSR count). The first-order chi connectivity index (χ1) is 10.1. The van der Waals surface area contributed by atoms with Crippen LogP contribution in [0.25, 0.3) is 0 Å². The molecule has 1 aliphatic rings. The topological polar surface area (TPSA) is 46.5 Å². The molecule has 0 saturated carbocycles. The summed E-state index contributed by atoms with van der Waals surface area (Å²) in [4.78, 5) is 11.8. The Morgan fingerprint density at radius 1 is 1.19 bits per heavy atom.